The van der Waals surface area contributed by atoms with Crippen LogP contribution in [0.4, 0.5) is 0 Å². The van der Waals surface area contributed by atoms with Gasteiger partial charge in [-0.1, -0.05) is 28.1 Å². The van der Waals surface area contributed by atoms with Gasteiger partial charge in [-0.05, 0) is 30.5 Å². The highest BCUT2D eigenvalue weighted by atomic mass is 79.9. The molecule has 0 bridgehead atoms. The molecule has 4 nitrogen and oxygen atoms in total. The molecule has 0 aliphatic carbocycles. The minimum absolute atomic E-state index is 0. The first-order valence-corrected chi connectivity index (χ1v) is 7.23. The predicted molar refractivity (Wildman–Crippen MR) is 84.9 cm³/mol. The molecule has 1 fully saturated rings. The quantitative estimate of drug-likeness (QED) is 0.894. The zero-order chi connectivity index (χ0) is 13.8. The summed E-state index contributed by atoms with van der Waals surface area (Å²) in [5.41, 5.74) is 7.01. The van der Waals surface area contributed by atoms with Gasteiger partial charge in [-0.2, -0.15) is 0 Å². The SMILES string of the molecule is COCC(N)C(=O)N1CCCC1c1cccc(Br)c1.Cl. The second kappa shape index (κ2) is 7.98. The van der Waals surface area contributed by atoms with Crippen molar-refractivity contribution in [2.24, 2.45) is 5.73 Å². The predicted octanol–water partition coefficient (Wildman–Crippen LogP) is 2.51. The maximum atomic E-state index is 12.3. The van der Waals surface area contributed by atoms with Crippen molar-refractivity contribution in [2.75, 3.05) is 20.3 Å². The van der Waals surface area contributed by atoms with E-state index in [1.807, 2.05) is 17.0 Å². The average Bonchev–Trinajstić information content (AvgIpc) is 2.87. The van der Waals surface area contributed by atoms with Crippen molar-refractivity contribution >= 4 is 34.2 Å². The summed E-state index contributed by atoms with van der Waals surface area (Å²) < 4.78 is 6.00. The number of rotatable bonds is 4. The zero-order valence-electron chi connectivity index (χ0n) is 11.4. The van der Waals surface area contributed by atoms with E-state index in [0.29, 0.717) is 0 Å². The molecule has 0 spiro atoms. The zero-order valence-corrected chi connectivity index (χ0v) is 13.8. The molecule has 0 aromatic heterocycles. The Balaban J connectivity index is 0.00000200. The number of ether oxygens (including phenoxy) is 1. The van der Waals surface area contributed by atoms with E-state index < -0.39 is 6.04 Å². The molecule has 112 valence electrons. The summed E-state index contributed by atoms with van der Waals surface area (Å²) >= 11 is 3.47. The molecule has 2 N–H and O–H groups in total. The molecule has 1 aromatic rings. The van der Waals surface area contributed by atoms with Crippen LogP contribution in [0.2, 0.25) is 0 Å². The van der Waals surface area contributed by atoms with E-state index >= 15 is 0 Å². The van der Waals surface area contributed by atoms with E-state index in [9.17, 15) is 4.79 Å². The molecule has 1 aliphatic rings. The Morgan fingerprint density at radius 2 is 2.35 bits per heavy atom. The Morgan fingerprint density at radius 1 is 1.60 bits per heavy atom. The molecule has 2 rings (SSSR count). The first-order valence-electron chi connectivity index (χ1n) is 6.44. The van der Waals surface area contributed by atoms with Crippen LogP contribution in [-0.2, 0) is 9.53 Å². The molecule has 1 amide bonds. The van der Waals surface area contributed by atoms with Crippen LogP contribution >= 0.6 is 28.3 Å². The fourth-order valence-electron chi connectivity index (χ4n) is 2.55. The molecular weight excluding hydrogens is 344 g/mol. The van der Waals surface area contributed by atoms with Crippen molar-refractivity contribution in [3.05, 3.63) is 34.3 Å². The third kappa shape index (κ3) is 3.95. The lowest BCUT2D eigenvalue weighted by Crippen LogP contribution is -2.45. The highest BCUT2D eigenvalue weighted by molar-refractivity contribution is 9.10. The first-order chi connectivity index (χ1) is 9.13. The highest BCUT2D eigenvalue weighted by Gasteiger charge is 2.32. The van der Waals surface area contributed by atoms with Crippen molar-refractivity contribution in [3.8, 4) is 0 Å². The Bertz CT molecular complexity index is 459. The monoisotopic (exact) mass is 362 g/mol. The van der Waals surface area contributed by atoms with Crippen LogP contribution in [0.1, 0.15) is 24.4 Å². The van der Waals surface area contributed by atoms with Crippen molar-refractivity contribution in [3.63, 3.8) is 0 Å². The summed E-state index contributed by atoms with van der Waals surface area (Å²) in [6.07, 6.45) is 2.00. The van der Waals surface area contributed by atoms with Gasteiger partial charge in [0.1, 0.15) is 6.04 Å². The molecule has 1 aliphatic heterocycles. The minimum atomic E-state index is -0.572. The number of methoxy groups -OCH3 is 1. The van der Waals surface area contributed by atoms with Crippen molar-refractivity contribution in [1.82, 2.24) is 4.90 Å². The van der Waals surface area contributed by atoms with Gasteiger partial charge in [0, 0.05) is 18.1 Å². The van der Waals surface area contributed by atoms with Crippen LogP contribution in [0.15, 0.2) is 28.7 Å². The normalized spacial score (nSPS) is 19.6. The Morgan fingerprint density at radius 3 is 3.00 bits per heavy atom. The number of nitrogens with zero attached hydrogens (tertiary/aromatic N) is 1. The van der Waals surface area contributed by atoms with E-state index in [4.69, 9.17) is 10.5 Å². The van der Waals surface area contributed by atoms with Gasteiger partial charge in [-0.3, -0.25) is 4.79 Å². The number of amides is 1. The average molecular weight is 364 g/mol. The van der Waals surface area contributed by atoms with Gasteiger partial charge < -0.3 is 15.4 Å². The second-order valence-corrected chi connectivity index (χ2v) is 5.72. The first kappa shape index (κ1) is 17.4. The molecule has 0 radical (unpaired) electrons. The van der Waals surface area contributed by atoms with E-state index in [-0.39, 0.29) is 31.0 Å². The Hall–Kier alpha value is -0.620. The standard InChI is InChI=1S/C14H19BrN2O2.ClH/c1-19-9-12(16)14(18)17-7-3-6-13(17)10-4-2-5-11(15)8-10;/h2,4-5,8,12-13H,3,6-7,9,16H2,1H3;1H. The fourth-order valence-corrected chi connectivity index (χ4v) is 2.97. The molecule has 20 heavy (non-hydrogen) atoms. The molecule has 2 unspecified atom stereocenters. The van der Waals surface area contributed by atoms with Crippen LogP contribution in [0.3, 0.4) is 0 Å². The van der Waals surface area contributed by atoms with Crippen LogP contribution in [0.25, 0.3) is 0 Å². The topological polar surface area (TPSA) is 55.6 Å². The number of hydrogen-bond donors (Lipinski definition) is 1. The minimum Gasteiger partial charge on any atom is -0.383 e. The summed E-state index contributed by atoms with van der Waals surface area (Å²) in [5.74, 6) is -0.0238. The van der Waals surface area contributed by atoms with Gasteiger partial charge in [0.2, 0.25) is 5.91 Å². The molecule has 2 atom stereocenters. The number of likely N-dealkylation sites (tertiary alicyclic amines) is 1. The van der Waals surface area contributed by atoms with Crippen LogP contribution in [-0.4, -0.2) is 37.1 Å². The number of nitrogens with two attached hydrogens (primary N) is 1. The van der Waals surface area contributed by atoms with E-state index in [0.717, 1.165) is 29.4 Å². The summed E-state index contributed by atoms with van der Waals surface area (Å²) in [6.45, 7) is 1.04. The van der Waals surface area contributed by atoms with Crippen molar-refractivity contribution in [2.45, 2.75) is 24.9 Å². The number of carbonyl (C=O) groups is 1. The van der Waals surface area contributed by atoms with E-state index in [2.05, 4.69) is 28.1 Å². The number of benzene rings is 1. The van der Waals surface area contributed by atoms with E-state index in [1.165, 1.54) is 0 Å². The highest BCUT2D eigenvalue weighted by Crippen LogP contribution is 2.33. The van der Waals surface area contributed by atoms with Gasteiger partial charge in [0.25, 0.3) is 0 Å². The summed E-state index contributed by atoms with van der Waals surface area (Å²) in [5, 5.41) is 0. The Kier molecular flexibility index (Phi) is 6.95. The Labute approximate surface area is 134 Å². The van der Waals surface area contributed by atoms with Crippen LogP contribution in [0, 0.1) is 0 Å². The van der Waals surface area contributed by atoms with Gasteiger partial charge in [-0.15, -0.1) is 12.4 Å². The number of halogens is 2. The second-order valence-electron chi connectivity index (χ2n) is 4.81. The van der Waals surface area contributed by atoms with Crippen LogP contribution in [0.5, 0.6) is 0 Å². The van der Waals surface area contributed by atoms with E-state index in [1.54, 1.807) is 7.11 Å². The van der Waals surface area contributed by atoms with Crippen molar-refractivity contribution < 1.29 is 9.53 Å². The van der Waals surface area contributed by atoms with Gasteiger partial charge in [0.15, 0.2) is 0 Å². The fraction of sp³-hybridized carbons (Fsp3) is 0.500. The molecule has 1 aromatic carbocycles. The maximum Gasteiger partial charge on any atom is 0.242 e. The lowest BCUT2D eigenvalue weighted by atomic mass is 10.0. The smallest absolute Gasteiger partial charge is 0.242 e. The van der Waals surface area contributed by atoms with Gasteiger partial charge >= 0.3 is 0 Å². The molecule has 6 heteroatoms. The molecular formula is C14H20BrClN2O2. The molecule has 1 heterocycles. The summed E-state index contributed by atoms with van der Waals surface area (Å²) in [4.78, 5) is 14.2. The number of carbonyl (C=O) groups excluding carboxylic acids is 1. The summed E-state index contributed by atoms with van der Waals surface area (Å²) in [7, 11) is 1.56. The van der Waals surface area contributed by atoms with Crippen molar-refractivity contribution in [1.29, 1.82) is 0 Å². The summed E-state index contributed by atoms with van der Waals surface area (Å²) in [6, 6.07) is 7.67. The maximum absolute atomic E-state index is 12.3. The van der Waals surface area contributed by atoms with Gasteiger partial charge in [0.05, 0.1) is 12.6 Å². The largest absolute Gasteiger partial charge is 0.383 e. The lowest BCUT2D eigenvalue weighted by molar-refractivity contribution is -0.134. The number of hydrogen-bond acceptors (Lipinski definition) is 3. The molecule has 0 saturated carbocycles. The lowest BCUT2D eigenvalue weighted by Gasteiger charge is -2.27. The van der Waals surface area contributed by atoms with Gasteiger partial charge in [-0.25, -0.2) is 0 Å². The third-order valence-electron chi connectivity index (χ3n) is 3.43. The van der Waals surface area contributed by atoms with Crippen LogP contribution < -0.4 is 5.73 Å². The molecule has 1 saturated heterocycles. The third-order valence-corrected chi connectivity index (χ3v) is 3.93.